The molecule has 1 aromatic rings. The van der Waals surface area contributed by atoms with Crippen molar-refractivity contribution in [3.63, 3.8) is 0 Å². The van der Waals surface area contributed by atoms with Gasteiger partial charge in [0.1, 0.15) is 5.82 Å². The van der Waals surface area contributed by atoms with Crippen LogP contribution < -0.4 is 11.1 Å². The molecule has 6 heteroatoms. The van der Waals surface area contributed by atoms with Crippen molar-refractivity contribution >= 4 is 17.6 Å². The van der Waals surface area contributed by atoms with Crippen LogP contribution in [-0.2, 0) is 0 Å². The summed E-state index contributed by atoms with van der Waals surface area (Å²) in [6.07, 6.45) is 0.303. The van der Waals surface area contributed by atoms with Crippen LogP contribution in [0.15, 0.2) is 24.3 Å². The number of para-hydroxylation sites is 1. The van der Waals surface area contributed by atoms with Crippen molar-refractivity contribution < 1.29 is 9.18 Å². The van der Waals surface area contributed by atoms with Gasteiger partial charge in [0.25, 0.3) is 0 Å². The lowest BCUT2D eigenvalue weighted by molar-refractivity contribution is 0.206. The smallest absolute Gasteiger partial charge is 0.321 e. The highest BCUT2D eigenvalue weighted by molar-refractivity contribution is 5.89. The minimum Gasteiger partial charge on any atom is -0.388 e. The minimum atomic E-state index is -0.475. The van der Waals surface area contributed by atoms with Crippen molar-refractivity contribution in [2.45, 2.75) is 20.3 Å². The Labute approximate surface area is 118 Å². The third-order valence-corrected chi connectivity index (χ3v) is 2.64. The zero-order chi connectivity index (χ0) is 15.1. The molecule has 110 valence electrons. The van der Waals surface area contributed by atoms with Crippen molar-refractivity contribution in [2.75, 3.05) is 18.4 Å². The zero-order valence-corrected chi connectivity index (χ0v) is 11.8. The van der Waals surface area contributed by atoms with Crippen LogP contribution in [0.1, 0.15) is 20.3 Å². The number of anilines is 1. The summed E-state index contributed by atoms with van der Waals surface area (Å²) in [5, 5.41) is 9.77. The van der Waals surface area contributed by atoms with E-state index in [1.165, 1.54) is 12.1 Å². The summed E-state index contributed by atoms with van der Waals surface area (Å²) in [4.78, 5) is 13.7. The number of nitrogens with two attached hydrogens (primary N) is 1. The van der Waals surface area contributed by atoms with E-state index in [4.69, 9.17) is 11.1 Å². The van der Waals surface area contributed by atoms with Crippen LogP contribution in [0, 0.1) is 17.1 Å². The largest absolute Gasteiger partial charge is 0.388 e. The first-order chi connectivity index (χ1) is 9.40. The Bertz CT molecular complexity index is 476. The number of amides is 2. The number of hydrogen-bond donors (Lipinski definition) is 3. The second-order valence-electron chi connectivity index (χ2n) is 5.03. The molecule has 0 atom stereocenters. The maximum absolute atomic E-state index is 13.5. The van der Waals surface area contributed by atoms with E-state index in [2.05, 4.69) is 5.32 Å². The molecule has 20 heavy (non-hydrogen) atoms. The summed E-state index contributed by atoms with van der Waals surface area (Å²) in [5.74, 6) is -0.178. The number of benzene rings is 1. The molecule has 0 aliphatic rings. The molecule has 2 amide bonds. The van der Waals surface area contributed by atoms with Crippen LogP contribution in [-0.4, -0.2) is 29.9 Å². The fourth-order valence-electron chi connectivity index (χ4n) is 1.73. The topological polar surface area (TPSA) is 82.2 Å². The van der Waals surface area contributed by atoms with Gasteiger partial charge in [0, 0.05) is 19.5 Å². The second-order valence-corrected chi connectivity index (χ2v) is 5.03. The molecule has 0 spiro atoms. The normalized spacial score (nSPS) is 10.4. The van der Waals surface area contributed by atoms with Crippen molar-refractivity contribution in [1.82, 2.24) is 4.90 Å². The molecule has 0 aromatic heterocycles. The Hall–Kier alpha value is -2.11. The summed E-state index contributed by atoms with van der Waals surface area (Å²) >= 11 is 0. The number of carbonyl (C=O) groups excluding carboxylic acids is 1. The molecule has 0 saturated heterocycles. The van der Waals surface area contributed by atoms with E-state index in [1.54, 1.807) is 17.0 Å². The number of hydrogen-bond acceptors (Lipinski definition) is 2. The van der Waals surface area contributed by atoms with Gasteiger partial charge in [0.2, 0.25) is 0 Å². The van der Waals surface area contributed by atoms with Gasteiger partial charge in [-0.25, -0.2) is 9.18 Å². The van der Waals surface area contributed by atoms with E-state index < -0.39 is 5.82 Å². The number of rotatable bonds is 6. The fraction of sp³-hybridized carbons (Fsp3) is 0.429. The second kappa shape index (κ2) is 7.47. The van der Waals surface area contributed by atoms with Crippen molar-refractivity contribution in [3.05, 3.63) is 30.1 Å². The lowest BCUT2D eigenvalue weighted by Gasteiger charge is -2.24. The molecule has 0 aliphatic heterocycles. The van der Waals surface area contributed by atoms with Gasteiger partial charge in [-0.3, -0.25) is 5.41 Å². The van der Waals surface area contributed by atoms with Gasteiger partial charge in [-0.1, -0.05) is 26.0 Å². The van der Waals surface area contributed by atoms with E-state index in [1.807, 2.05) is 13.8 Å². The molecule has 0 fully saturated rings. The third kappa shape index (κ3) is 5.26. The van der Waals surface area contributed by atoms with Crippen LogP contribution in [0.25, 0.3) is 0 Å². The summed E-state index contributed by atoms with van der Waals surface area (Å²) in [7, 11) is 0. The first kappa shape index (κ1) is 15.9. The molecule has 0 saturated carbocycles. The maximum Gasteiger partial charge on any atom is 0.321 e. The first-order valence-corrected chi connectivity index (χ1v) is 6.53. The van der Waals surface area contributed by atoms with Gasteiger partial charge in [0.05, 0.1) is 11.5 Å². The Morgan fingerprint density at radius 3 is 2.65 bits per heavy atom. The Kier molecular flexibility index (Phi) is 5.96. The van der Waals surface area contributed by atoms with E-state index >= 15 is 0 Å². The maximum atomic E-state index is 13.5. The summed E-state index contributed by atoms with van der Waals surface area (Å²) in [6, 6.07) is 5.63. The van der Waals surface area contributed by atoms with Crippen LogP contribution in [0.2, 0.25) is 0 Å². The van der Waals surface area contributed by atoms with Gasteiger partial charge in [-0.2, -0.15) is 0 Å². The highest BCUT2D eigenvalue weighted by Crippen LogP contribution is 2.13. The predicted molar refractivity (Wildman–Crippen MR) is 78.4 cm³/mol. The molecule has 4 N–H and O–H groups in total. The van der Waals surface area contributed by atoms with Crippen molar-refractivity contribution in [2.24, 2.45) is 11.7 Å². The number of nitrogens with zero attached hydrogens (tertiary/aromatic N) is 1. The van der Waals surface area contributed by atoms with Crippen molar-refractivity contribution in [1.29, 1.82) is 5.41 Å². The SMILES string of the molecule is CC(C)CN(CCC(=N)N)C(=O)Nc1ccccc1F. The predicted octanol–water partition coefficient (Wildman–Crippen LogP) is 2.64. The highest BCUT2D eigenvalue weighted by atomic mass is 19.1. The number of amidine groups is 1. The Morgan fingerprint density at radius 2 is 2.10 bits per heavy atom. The van der Waals surface area contributed by atoms with E-state index in [0.717, 1.165) is 0 Å². The number of carbonyl (C=O) groups is 1. The minimum absolute atomic E-state index is 0.0254. The molecule has 0 aliphatic carbocycles. The summed E-state index contributed by atoms with van der Waals surface area (Å²) < 4.78 is 13.5. The van der Waals surface area contributed by atoms with E-state index in [0.29, 0.717) is 19.5 Å². The van der Waals surface area contributed by atoms with E-state index in [9.17, 15) is 9.18 Å². The molecular formula is C14H21FN4O. The fourth-order valence-corrected chi connectivity index (χ4v) is 1.73. The molecule has 0 radical (unpaired) electrons. The van der Waals surface area contributed by atoms with Crippen LogP contribution in [0.3, 0.4) is 0 Å². The van der Waals surface area contributed by atoms with Crippen LogP contribution in [0.5, 0.6) is 0 Å². The lowest BCUT2D eigenvalue weighted by Crippen LogP contribution is -2.39. The third-order valence-electron chi connectivity index (χ3n) is 2.64. The average Bonchev–Trinajstić information content (AvgIpc) is 2.36. The molecule has 0 bridgehead atoms. The van der Waals surface area contributed by atoms with Gasteiger partial charge in [-0.05, 0) is 18.1 Å². The molecule has 1 rings (SSSR count). The van der Waals surface area contributed by atoms with Gasteiger partial charge in [0.15, 0.2) is 0 Å². The summed E-state index contributed by atoms with van der Waals surface area (Å²) in [6.45, 7) is 4.83. The number of halogens is 1. The average molecular weight is 280 g/mol. The molecule has 5 nitrogen and oxygen atoms in total. The van der Waals surface area contributed by atoms with Crippen LogP contribution >= 0.6 is 0 Å². The Morgan fingerprint density at radius 1 is 1.45 bits per heavy atom. The Balaban J connectivity index is 2.72. The highest BCUT2D eigenvalue weighted by Gasteiger charge is 2.16. The van der Waals surface area contributed by atoms with Crippen molar-refractivity contribution in [3.8, 4) is 0 Å². The standard InChI is InChI=1S/C14H21FN4O/c1-10(2)9-19(8-7-13(16)17)14(20)18-12-6-4-3-5-11(12)15/h3-6,10H,7-9H2,1-2H3,(H3,16,17)(H,18,20). The molecule has 0 heterocycles. The monoisotopic (exact) mass is 280 g/mol. The zero-order valence-electron chi connectivity index (χ0n) is 11.8. The quantitative estimate of drug-likeness (QED) is 0.553. The summed E-state index contributed by atoms with van der Waals surface area (Å²) in [5.41, 5.74) is 5.46. The molecular weight excluding hydrogens is 259 g/mol. The van der Waals surface area contributed by atoms with Gasteiger partial charge >= 0.3 is 6.03 Å². The van der Waals surface area contributed by atoms with Crippen LogP contribution in [0.4, 0.5) is 14.9 Å². The first-order valence-electron chi connectivity index (χ1n) is 6.53. The number of nitrogens with one attached hydrogen (secondary N) is 2. The van der Waals surface area contributed by atoms with E-state index in [-0.39, 0.29) is 23.5 Å². The number of urea groups is 1. The molecule has 0 unspecified atom stereocenters. The van der Waals surface area contributed by atoms with Gasteiger partial charge < -0.3 is 16.0 Å². The van der Waals surface area contributed by atoms with Gasteiger partial charge in [-0.15, -0.1) is 0 Å². The molecule has 1 aromatic carbocycles. The lowest BCUT2D eigenvalue weighted by atomic mass is 10.2.